The Bertz CT molecular complexity index is 1600. The molecule has 0 aromatic heterocycles. The number of rotatable bonds is 24. The van der Waals surface area contributed by atoms with Gasteiger partial charge in [-0.25, -0.2) is 4.79 Å². The van der Waals surface area contributed by atoms with Crippen LogP contribution >= 0.6 is 0 Å². The van der Waals surface area contributed by atoms with Crippen LogP contribution in [0.4, 0.5) is 0 Å². The molecule has 1 aliphatic heterocycles. The predicted molar refractivity (Wildman–Crippen MR) is 215 cm³/mol. The third kappa shape index (κ3) is 16.3. The summed E-state index contributed by atoms with van der Waals surface area (Å²) in [5.41, 5.74) is 28.0. The molecule has 1 aromatic rings. The van der Waals surface area contributed by atoms with Crippen LogP contribution in [0.3, 0.4) is 0 Å². The maximum atomic E-state index is 14.1. The predicted octanol–water partition coefficient (Wildman–Crippen LogP) is -1.98. The fraction of sp³-hybridized carbons (Fsp3) is 0.622. The Labute approximate surface area is 338 Å². The zero-order chi connectivity index (χ0) is 43.5. The van der Waals surface area contributed by atoms with Crippen LogP contribution in [-0.4, -0.2) is 118 Å². The van der Waals surface area contributed by atoms with Crippen LogP contribution in [0.25, 0.3) is 0 Å². The van der Waals surface area contributed by atoms with Crippen LogP contribution in [0.2, 0.25) is 0 Å². The number of carboxylic acid groups (broad SMARTS) is 1. The van der Waals surface area contributed by atoms with Gasteiger partial charge in [-0.15, -0.1) is 0 Å². The van der Waals surface area contributed by atoms with Crippen LogP contribution in [0, 0.1) is 11.8 Å². The van der Waals surface area contributed by atoms with Gasteiger partial charge in [-0.05, 0) is 66.8 Å². The highest BCUT2D eigenvalue weighted by atomic mass is 16.6. The minimum Gasteiger partial charge on any atom is -0.508 e. The van der Waals surface area contributed by atoms with E-state index < -0.39 is 77.7 Å². The van der Waals surface area contributed by atoms with Gasteiger partial charge >= 0.3 is 5.97 Å². The molecule has 2 rings (SSSR count). The molecule has 58 heavy (non-hydrogen) atoms. The number of amides is 5. The zero-order valence-electron chi connectivity index (χ0n) is 33.7. The summed E-state index contributed by atoms with van der Waals surface area (Å²) in [6.07, 6.45) is 1.62. The zero-order valence-corrected chi connectivity index (χ0v) is 33.7. The number of oxime groups is 1. The highest BCUT2D eigenvalue weighted by Gasteiger charge is 2.40. The average molecular weight is 819 g/mol. The molecule has 7 atom stereocenters. The molecule has 1 saturated heterocycles. The van der Waals surface area contributed by atoms with Crippen molar-refractivity contribution in [2.45, 2.75) is 115 Å². The van der Waals surface area contributed by atoms with Crippen LogP contribution in [0.15, 0.2) is 34.4 Å². The summed E-state index contributed by atoms with van der Waals surface area (Å²) in [6, 6.07) is -0.892. The Balaban J connectivity index is 2.36. The van der Waals surface area contributed by atoms with Gasteiger partial charge in [0.2, 0.25) is 35.5 Å². The number of aliphatic imine (C=N–C) groups is 1. The van der Waals surface area contributed by atoms with E-state index >= 15 is 0 Å². The maximum Gasteiger partial charge on any atom is 0.326 e. The Hall–Kier alpha value is -5.86. The Morgan fingerprint density at radius 2 is 1.53 bits per heavy atom. The molecule has 0 radical (unpaired) electrons. The first-order valence-electron chi connectivity index (χ1n) is 19.4. The largest absolute Gasteiger partial charge is 0.508 e. The second-order valence-electron chi connectivity index (χ2n) is 14.8. The first kappa shape index (κ1) is 48.3. The summed E-state index contributed by atoms with van der Waals surface area (Å²) in [4.78, 5) is 91.0. The summed E-state index contributed by atoms with van der Waals surface area (Å²) in [5, 5.41) is 33.7. The van der Waals surface area contributed by atoms with Crippen LogP contribution in [0.5, 0.6) is 5.75 Å². The Morgan fingerprint density at radius 1 is 0.879 bits per heavy atom. The van der Waals surface area contributed by atoms with Crippen molar-refractivity contribution in [3.05, 3.63) is 29.8 Å². The highest BCUT2D eigenvalue weighted by Crippen LogP contribution is 2.21. The molecule has 5 amide bonds. The van der Waals surface area contributed by atoms with E-state index in [0.717, 1.165) is 0 Å². The molecule has 21 heteroatoms. The number of guanidine groups is 2. The van der Waals surface area contributed by atoms with Gasteiger partial charge in [0.25, 0.3) is 0 Å². The molecule has 0 saturated carbocycles. The van der Waals surface area contributed by atoms with E-state index in [1.54, 1.807) is 19.1 Å². The van der Waals surface area contributed by atoms with Crippen molar-refractivity contribution < 1.29 is 43.8 Å². The monoisotopic (exact) mass is 818 g/mol. The minimum atomic E-state index is -1.27. The van der Waals surface area contributed by atoms with Gasteiger partial charge in [-0.2, -0.15) is 0 Å². The summed E-state index contributed by atoms with van der Waals surface area (Å²) in [6.45, 7) is 7.43. The van der Waals surface area contributed by atoms with Gasteiger partial charge in [0.1, 0.15) is 42.6 Å². The molecular formula is C37H62N12O9. The van der Waals surface area contributed by atoms with Gasteiger partial charge in [0.05, 0.1) is 6.04 Å². The van der Waals surface area contributed by atoms with Crippen molar-refractivity contribution in [3.63, 3.8) is 0 Å². The standard InChI is InChI=1S/C37H62N12O9/c1-5-21(4)29(33(54)46-27(35(56)57)18-20(2)3)47-31(52)26(19-22-10-12-23(50)13-11-22)45-32(53)28-9-7-16-49(28)34(55)25(8-6-15-43-36(39)40)44-30(51)24(38)14-17-58-48-37(41)42/h10-13,20-21,24-29,50H,5-9,14-19,38H2,1-4H3,(H,44,51)(H,45,53)(H,46,54)(H,47,52)(H,56,57)(H4,39,40,43)(H4,41,42,48)/t21-,24-,25-,26-,27-,28-,29-/m0/s1. The fourth-order valence-electron chi connectivity index (χ4n) is 6.23. The molecular weight excluding hydrogens is 756 g/mol. The SMILES string of the molecule is CC[C@H](C)[C@H](NC(=O)[C@H](Cc1ccc(O)cc1)NC(=O)[C@@H]1CCCN1C(=O)[C@H](CCCN=C(N)N)NC(=O)[C@@H](N)CCON=C(N)N)C(=O)N[C@@H](CC(C)C)C(=O)O. The fourth-order valence-corrected chi connectivity index (χ4v) is 6.23. The van der Waals surface area contributed by atoms with Crippen molar-refractivity contribution in [2.75, 3.05) is 19.7 Å². The molecule has 0 bridgehead atoms. The van der Waals surface area contributed by atoms with Crippen LogP contribution < -0.4 is 49.9 Å². The van der Waals surface area contributed by atoms with E-state index in [1.165, 1.54) is 17.0 Å². The normalized spacial score (nSPS) is 16.7. The summed E-state index contributed by atoms with van der Waals surface area (Å²) in [7, 11) is 0. The second-order valence-corrected chi connectivity index (χ2v) is 14.8. The number of nitrogens with zero attached hydrogens (tertiary/aromatic N) is 3. The molecule has 21 nitrogen and oxygen atoms in total. The van der Waals surface area contributed by atoms with E-state index in [9.17, 15) is 39.0 Å². The number of carbonyl (C=O) groups is 6. The lowest BCUT2D eigenvalue weighted by Crippen LogP contribution is -2.60. The van der Waals surface area contributed by atoms with E-state index in [-0.39, 0.29) is 81.8 Å². The number of aromatic hydroxyl groups is 1. The number of carbonyl (C=O) groups excluding carboxylic acids is 5. The van der Waals surface area contributed by atoms with Gasteiger partial charge < -0.3 is 69.9 Å². The summed E-state index contributed by atoms with van der Waals surface area (Å²) in [5.74, 6) is -5.46. The number of phenols is 1. The lowest BCUT2D eigenvalue weighted by atomic mass is 9.96. The van der Waals surface area contributed by atoms with E-state index in [2.05, 4.69) is 31.4 Å². The lowest BCUT2D eigenvalue weighted by Gasteiger charge is -2.31. The minimum absolute atomic E-state index is 0.00832. The van der Waals surface area contributed by atoms with E-state index in [4.69, 9.17) is 33.5 Å². The lowest BCUT2D eigenvalue weighted by molar-refractivity contribution is -0.143. The summed E-state index contributed by atoms with van der Waals surface area (Å²) >= 11 is 0. The van der Waals surface area contributed by atoms with E-state index in [0.29, 0.717) is 18.4 Å². The van der Waals surface area contributed by atoms with Crippen molar-refractivity contribution in [2.24, 2.45) is 50.7 Å². The van der Waals surface area contributed by atoms with Gasteiger partial charge in [0.15, 0.2) is 5.96 Å². The molecule has 0 spiro atoms. The number of benzene rings is 1. The number of carboxylic acids is 1. The Kier molecular flexibility index (Phi) is 20.0. The number of phenolic OH excluding ortho intramolecular Hbond substituents is 1. The van der Waals surface area contributed by atoms with Crippen LogP contribution in [-0.2, 0) is 40.0 Å². The Morgan fingerprint density at radius 3 is 2.12 bits per heavy atom. The van der Waals surface area contributed by atoms with Crippen molar-refractivity contribution in [3.8, 4) is 5.75 Å². The van der Waals surface area contributed by atoms with Crippen molar-refractivity contribution >= 4 is 47.4 Å². The topological polar surface area (TPSA) is 358 Å². The molecule has 1 aliphatic rings. The van der Waals surface area contributed by atoms with Gasteiger partial charge in [0, 0.05) is 25.9 Å². The highest BCUT2D eigenvalue weighted by molar-refractivity contribution is 5.96. The first-order valence-corrected chi connectivity index (χ1v) is 19.4. The molecule has 0 unspecified atom stereocenters. The van der Waals surface area contributed by atoms with Crippen LogP contribution in [0.1, 0.15) is 78.2 Å². The molecule has 16 N–H and O–H groups in total. The maximum absolute atomic E-state index is 14.1. The third-order valence-corrected chi connectivity index (χ3v) is 9.55. The molecule has 324 valence electrons. The summed E-state index contributed by atoms with van der Waals surface area (Å²) < 4.78 is 0. The van der Waals surface area contributed by atoms with Crippen molar-refractivity contribution in [1.82, 2.24) is 26.2 Å². The van der Waals surface area contributed by atoms with E-state index in [1.807, 2.05) is 20.8 Å². The number of hydrogen-bond donors (Lipinski definition) is 11. The second kappa shape index (κ2) is 24.0. The number of hydrogen-bond acceptors (Lipinski definition) is 11. The number of nitrogens with one attached hydrogen (secondary N) is 4. The number of aliphatic carboxylic acids is 1. The molecule has 1 heterocycles. The first-order chi connectivity index (χ1) is 27.3. The third-order valence-electron chi connectivity index (χ3n) is 9.55. The average Bonchev–Trinajstić information content (AvgIpc) is 3.66. The smallest absolute Gasteiger partial charge is 0.326 e. The number of likely N-dealkylation sites (tertiary alicyclic amines) is 1. The molecule has 0 aliphatic carbocycles. The molecule has 1 aromatic carbocycles. The van der Waals surface area contributed by atoms with Gasteiger partial charge in [-0.1, -0.05) is 46.2 Å². The number of nitrogens with two attached hydrogens (primary N) is 5. The quantitative estimate of drug-likeness (QED) is 0.0233. The molecule has 1 fully saturated rings. The van der Waals surface area contributed by atoms with Crippen molar-refractivity contribution in [1.29, 1.82) is 0 Å². The van der Waals surface area contributed by atoms with Gasteiger partial charge in [-0.3, -0.25) is 29.0 Å².